The molecular formula is C13H20N4. The zero-order chi connectivity index (χ0) is 12.8. The third-order valence-electron chi connectivity index (χ3n) is 2.44. The molecule has 0 spiro atoms. The number of anilines is 1. The van der Waals surface area contributed by atoms with Gasteiger partial charge in [0.05, 0.1) is 6.54 Å². The van der Waals surface area contributed by atoms with E-state index >= 15 is 0 Å². The first kappa shape index (κ1) is 13.5. The van der Waals surface area contributed by atoms with Crippen LogP contribution in [0.15, 0.2) is 6.20 Å². The Morgan fingerprint density at radius 3 is 2.76 bits per heavy atom. The first-order chi connectivity index (χ1) is 8.04. The molecule has 4 nitrogen and oxygen atoms in total. The molecule has 0 atom stereocenters. The number of hydrogen-bond donors (Lipinski definition) is 1. The Kier molecular flexibility index (Phi) is 4.92. The lowest BCUT2D eigenvalue weighted by atomic mass is 10.2. The highest BCUT2D eigenvalue weighted by Crippen LogP contribution is 2.09. The summed E-state index contributed by atoms with van der Waals surface area (Å²) in [6, 6.07) is 0.457. The molecule has 0 saturated heterocycles. The molecule has 0 aliphatic rings. The van der Waals surface area contributed by atoms with Gasteiger partial charge in [-0.1, -0.05) is 19.8 Å². The molecular weight excluding hydrogens is 212 g/mol. The van der Waals surface area contributed by atoms with Gasteiger partial charge in [0.2, 0.25) is 5.95 Å². The molecule has 0 amide bonds. The van der Waals surface area contributed by atoms with Gasteiger partial charge in [-0.25, -0.2) is 9.97 Å². The summed E-state index contributed by atoms with van der Waals surface area (Å²) in [5, 5.41) is 3.35. The van der Waals surface area contributed by atoms with Crippen molar-refractivity contribution >= 4 is 5.95 Å². The molecule has 0 bridgehead atoms. The molecule has 0 aliphatic carbocycles. The summed E-state index contributed by atoms with van der Waals surface area (Å²) < 4.78 is 0. The number of nitrogens with zero attached hydrogens (tertiary/aromatic N) is 3. The van der Waals surface area contributed by atoms with Gasteiger partial charge < -0.3 is 10.2 Å². The van der Waals surface area contributed by atoms with Crippen LogP contribution in [0.4, 0.5) is 5.95 Å². The van der Waals surface area contributed by atoms with Gasteiger partial charge in [-0.3, -0.25) is 0 Å². The van der Waals surface area contributed by atoms with Crippen molar-refractivity contribution in [3.05, 3.63) is 17.5 Å². The van der Waals surface area contributed by atoms with Crippen molar-refractivity contribution in [2.24, 2.45) is 0 Å². The monoisotopic (exact) mass is 232 g/mol. The van der Waals surface area contributed by atoms with Crippen LogP contribution < -0.4 is 10.2 Å². The second kappa shape index (κ2) is 6.21. The average molecular weight is 232 g/mol. The molecule has 1 aromatic rings. The molecule has 1 rings (SSSR count). The second-order valence-corrected chi connectivity index (χ2v) is 4.38. The fourth-order valence-corrected chi connectivity index (χ4v) is 1.36. The fourth-order valence-electron chi connectivity index (χ4n) is 1.36. The lowest BCUT2D eigenvalue weighted by Gasteiger charge is -2.15. The fraction of sp³-hybridized carbons (Fsp3) is 0.538. The lowest BCUT2D eigenvalue weighted by Crippen LogP contribution is -2.24. The molecule has 0 saturated carbocycles. The molecule has 0 unspecified atom stereocenters. The third-order valence-corrected chi connectivity index (χ3v) is 2.44. The Hall–Kier alpha value is -1.60. The predicted molar refractivity (Wildman–Crippen MR) is 70.8 cm³/mol. The van der Waals surface area contributed by atoms with E-state index in [1.165, 1.54) is 0 Å². The Bertz CT molecular complexity index is 406. The summed E-state index contributed by atoms with van der Waals surface area (Å²) in [6.45, 7) is 7.54. The van der Waals surface area contributed by atoms with Gasteiger partial charge in [0, 0.05) is 37.1 Å². The van der Waals surface area contributed by atoms with Crippen LogP contribution in [-0.2, 0) is 6.54 Å². The first-order valence-electron chi connectivity index (χ1n) is 5.75. The molecule has 0 fully saturated rings. The van der Waals surface area contributed by atoms with Gasteiger partial charge in [-0.15, -0.1) is 6.42 Å². The Labute approximate surface area is 103 Å². The largest absolute Gasteiger partial charge is 0.333 e. The molecule has 1 aromatic heterocycles. The van der Waals surface area contributed by atoms with Gasteiger partial charge in [-0.05, 0) is 6.92 Å². The summed E-state index contributed by atoms with van der Waals surface area (Å²) in [5.74, 6) is 3.25. The smallest absolute Gasteiger partial charge is 0.226 e. The van der Waals surface area contributed by atoms with Crippen molar-refractivity contribution in [1.29, 1.82) is 0 Å². The number of rotatable bonds is 5. The normalized spacial score (nSPS) is 10.4. The maximum absolute atomic E-state index is 5.26. The van der Waals surface area contributed by atoms with Crippen LogP contribution in [0, 0.1) is 19.3 Å². The zero-order valence-electron chi connectivity index (χ0n) is 11.0. The van der Waals surface area contributed by atoms with Crippen LogP contribution in [0.3, 0.4) is 0 Å². The van der Waals surface area contributed by atoms with Crippen molar-refractivity contribution < 1.29 is 0 Å². The van der Waals surface area contributed by atoms with Crippen LogP contribution in [0.5, 0.6) is 0 Å². The SMILES string of the molecule is C#CCN(C)c1ncc(CNC(C)C)c(C)n1. The van der Waals surface area contributed by atoms with Gasteiger partial charge in [0.15, 0.2) is 0 Å². The number of aromatic nitrogens is 2. The number of hydrogen-bond acceptors (Lipinski definition) is 4. The maximum Gasteiger partial charge on any atom is 0.226 e. The van der Waals surface area contributed by atoms with Crippen molar-refractivity contribution in [3.8, 4) is 12.3 Å². The molecule has 0 aliphatic heterocycles. The number of terminal acetylenes is 1. The lowest BCUT2D eigenvalue weighted by molar-refractivity contribution is 0.585. The highest BCUT2D eigenvalue weighted by atomic mass is 15.2. The van der Waals surface area contributed by atoms with Crippen molar-refractivity contribution in [1.82, 2.24) is 15.3 Å². The van der Waals surface area contributed by atoms with Gasteiger partial charge in [0.1, 0.15) is 0 Å². The first-order valence-corrected chi connectivity index (χ1v) is 5.75. The Morgan fingerprint density at radius 2 is 2.24 bits per heavy atom. The van der Waals surface area contributed by atoms with E-state index in [-0.39, 0.29) is 0 Å². The summed E-state index contributed by atoms with van der Waals surface area (Å²) in [6.07, 6.45) is 7.12. The van der Waals surface area contributed by atoms with Crippen LogP contribution in [0.25, 0.3) is 0 Å². The van der Waals surface area contributed by atoms with E-state index in [4.69, 9.17) is 6.42 Å². The average Bonchev–Trinajstić information content (AvgIpc) is 2.27. The summed E-state index contributed by atoms with van der Waals surface area (Å²) in [7, 11) is 1.89. The van der Waals surface area contributed by atoms with Crippen LogP contribution in [-0.4, -0.2) is 29.6 Å². The Balaban J connectivity index is 2.76. The van der Waals surface area contributed by atoms with E-state index in [1.807, 2.05) is 25.1 Å². The number of aryl methyl sites for hydroxylation is 1. The van der Waals surface area contributed by atoms with Gasteiger partial charge in [0.25, 0.3) is 0 Å². The minimum absolute atomic E-state index is 0.457. The Morgan fingerprint density at radius 1 is 1.53 bits per heavy atom. The standard InChI is InChI=1S/C13H20N4/c1-6-7-17(5)13-15-9-12(11(4)16-13)8-14-10(2)3/h1,9-10,14H,7-8H2,2-5H3. The van der Waals surface area contributed by atoms with Crippen LogP contribution in [0.2, 0.25) is 0 Å². The summed E-state index contributed by atoms with van der Waals surface area (Å²) in [4.78, 5) is 10.6. The topological polar surface area (TPSA) is 41.1 Å². The molecule has 17 heavy (non-hydrogen) atoms. The van der Waals surface area contributed by atoms with Crippen LogP contribution in [0.1, 0.15) is 25.1 Å². The van der Waals surface area contributed by atoms with Crippen molar-refractivity contribution in [3.63, 3.8) is 0 Å². The van der Waals surface area contributed by atoms with Crippen molar-refractivity contribution in [2.45, 2.75) is 33.4 Å². The van der Waals surface area contributed by atoms with Crippen molar-refractivity contribution in [2.75, 3.05) is 18.5 Å². The van der Waals surface area contributed by atoms with E-state index in [0.717, 1.165) is 17.8 Å². The molecule has 92 valence electrons. The van der Waals surface area contributed by atoms with E-state index in [1.54, 1.807) is 0 Å². The number of nitrogens with one attached hydrogen (secondary N) is 1. The minimum Gasteiger partial charge on any atom is -0.333 e. The molecule has 0 aromatic carbocycles. The van der Waals surface area contributed by atoms with E-state index in [0.29, 0.717) is 18.5 Å². The third kappa shape index (κ3) is 4.04. The minimum atomic E-state index is 0.457. The molecule has 1 N–H and O–H groups in total. The van der Waals surface area contributed by atoms with Gasteiger partial charge in [-0.2, -0.15) is 0 Å². The van der Waals surface area contributed by atoms with Gasteiger partial charge >= 0.3 is 0 Å². The summed E-state index contributed by atoms with van der Waals surface area (Å²) >= 11 is 0. The summed E-state index contributed by atoms with van der Waals surface area (Å²) in [5.41, 5.74) is 2.11. The quantitative estimate of drug-likeness (QED) is 0.778. The molecule has 0 radical (unpaired) electrons. The molecule has 4 heteroatoms. The highest BCUT2D eigenvalue weighted by Gasteiger charge is 2.06. The maximum atomic E-state index is 5.26. The molecule has 1 heterocycles. The van der Waals surface area contributed by atoms with E-state index in [2.05, 4.69) is 35.1 Å². The van der Waals surface area contributed by atoms with E-state index in [9.17, 15) is 0 Å². The zero-order valence-corrected chi connectivity index (χ0v) is 11.0. The van der Waals surface area contributed by atoms with Crippen LogP contribution >= 0.6 is 0 Å². The van der Waals surface area contributed by atoms with E-state index < -0.39 is 0 Å². The predicted octanol–water partition coefficient (Wildman–Crippen LogP) is 1.35. The highest BCUT2D eigenvalue weighted by molar-refractivity contribution is 5.33. The second-order valence-electron chi connectivity index (χ2n) is 4.38.